The molecule has 2 heterocycles. The molecule has 0 unspecified atom stereocenters. The summed E-state index contributed by atoms with van der Waals surface area (Å²) in [5.74, 6) is 1.20. The molecule has 1 amide bonds. The van der Waals surface area contributed by atoms with E-state index in [1.165, 1.54) is 12.8 Å². The minimum absolute atomic E-state index is 0.123. The number of pyridine rings is 1. The number of rotatable bonds is 6. The Morgan fingerprint density at radius 1 is 0.964 bits per heavy atom. The van der Waals surface area contributed by atoms with Crippen molar-refractivity contribution in [3.05, 3.63) is 84.2 Å². The molecule has 0 bridgehead atoms. The van der Waals surface area contributed by atoms with Crippen LogP contribution in [0.3, 0.4) is 0 Å². The highest BCUT2D eigenvalue weighted by Gasteiger charge is 2.15. The summed E-state index contributed by atoms with van der Waals surface area (Å²) in [5, 5.41) is 3.05. The van der Waals surface area contributed by atoms with Gasteiger partial charge in [0.05, 0.1) is 6.20 Å². The summed E-state index contributed by atoms with van der Waals surface area (Å²) >= 11 is 0. The molecule has 0 atom stereocenters. The van der Waals surface area contributed by atoms with Crippen LogP contribution >= 0.6 is 0 Å². The van der Waals surface area contributed by atoms with Crippen molar-refractivity contribution in [2.45, 2.75) is 19.4 Å². The molecule has 1 aliphatic rings. The maximum Gasteiger partial charge on any atom is 0.255 e. The Labute approximate surface area is 165 Å². The van der Waals surface area contributed by atoms with E-state index in [0.717, 1.165) is 30.9 Å². The number of benzene rings is 2. The Morgan fingerprint density at radius 3 is 2.50 bits per heavy atom. The summed E-state index contributed by atoms with van der Waals surface area (Å²) in [4.78, 5) is 19.1. The van der Waals surface area contributed by atoms with E-state index in [1.54, 1.807) is 36.7 Å². The Hall–Kier alpha value is -3.18. The molecule has 28 heavy (non-hydrogen) atoms. The SMILES string of the molecule is O=C(Nc1ccccc1CN1CCCC1)c1ccc(Oc2cccnc2)cc1. The van der Waals surface area contributed by atoms with E-state index < -0.39 is 0 Å². The molecular weight excluding hydrogens is 350 g/mol. The standard InChI is InChI=1S/C23H23N3O2/c27-23(18-9-11-20(12-10-18)28-21-7-5-13-24-16-21)25-22-8-2-1-6-19(22)17-26-14-3-4-15-26/h1-2,5-13,16H,3-4,14-15,17H2,(H,25,27). The first-order chi connectivity index (χ1) is 13.8. The quantitative estimate of drug-likeness (QED) is 0.679. The summed E-state index contributed by atoms with van der Waals surface area (Å²) in [6, 6.07) is 18.8. The van der Waals surface area contributed by atoms with Gasteiger partial charge in [-0.3, -0.25) is 14.7 Å². The van der Waals surface area contributed by atoms with Gasteiger partial charge in [0.2, 0.25) is 0 Å². The number of nitrogens with zero attached hydrogens (tertiary/aromatic N) is 2. The molecule has 1 aromatic heterocycles. The lowest BCUT2D eigenvalue weighted by Crippen LogP contribution is -2.20. The minimum atomic E-state index is -0.123. The Bertz CT molecular complexity index is 920. The number of nitrogens with one attached hydrogen (secondary N) is 1. The van der Waals surface area contributed by atoms with Crippen molar-refractivity contribution in [1.29, 1.82) is 0 Å². The number of aromatic nitrogens is 1. The summed E-state index contributed by atoms with van der Waals surface area (Å²) in [6.45, 7) is 3.12. The van der Waals surface area contributed by atoms with Crippen molar-refractivity contribution in [2.24, 2.45) is 0 Å². The Balaban J connectivity index is 1.42. The number of ether oxygens (including phenoxy) is 1. The van der Waals surface area contributed by atoms with Crippen LogP contribution in [0.1, 0.15) is 28.8 Å². The molecule has 0 radical (unpaired) electrons. The third kappa shape index (κ3) is 4.56. The lowest BCUT2D eigenvalue weighted by atomic mass is 10.1. The molecule has 1 N–H and O–H groups in total. The highest BCUT2D eigenvalue weighted by Crippen LogP contribution is 2.23. The first-order valence-corrected chi connectivity index (χ1v) is 9.57. The van der Waals surface area contributed by atoms with E-state index in [0.29, 0.717) is 17.1 Å². The molecule has 5 nitrogen and oxygen atoms in total. The van der Waals surface area contributed by atoms with Gasteiger partial charge >= 0.3 is 0 Å². The number of carbonyl (C=O) groups is 1. The average Bonchev–Trinajstić information content (AvgIpc) is 3.24. The molecular formula is C23H23N3O2. The van der Waals surface area contributed by atoms with Gasteiger partial charge in [-0.05, 0) is 74.0 Å². The zero-order chi connectivity index (χ0) is 19.2. The number of hydrogen-bond donors (Lipinski definition) is 1. The van der Waals surface area contributed by atoms with Crippen LogP contribution in [0.5, 0.6) is 11.5 Å². The maximum absolute atomic E-state index is 12.7. The van der Waals surface area contributed by atoms with E-state index in [4.69, 9.17) is 4.74 Å². The van der Waals surface area contributed by atoms with Gasteiger partial charge in [0.15, 0.2) is 0 Å². The largest absolute Gasteiger partial charge is 0.456 e. The van der Waals surface area contributed by atoms with Gasteiger partial charge in [-0.15, -0.1) is 0 Å². The van der Waals surface area contributed by atoms with Crippen molar-refractivity contribution >= 4 is 11.6 Å². The second-order valence-electron chi connectivity index (χ2n) is 6.91. The van der Waals surface area contributed by atoms with E-state index in [9.17, 15) is 4.79 Å². The fourth-order valence-corrected chi connectivity index (χ4v) is 3.37. The van der Waals surface area contributed by atoms with Gasteiger partial charge in [0.25, 0.3) is 5.91 Å². The summed E-state index contributed by atoms with van der Waals surface area (Å²) in [6.07, 6.45) is 5.85. The fourth-order valence-electron chi connectivity index (χ4n) is 3.37. The van der Waals surface area contributed by atoms with Crippen molar-refractivity contribution in [2.75, 3.05) is 18.4 Å². The molecule has 1 aliphatic heterocycles. The maximum atomic E-state index is 12.7. The summed E-state index contributed by atoms with van der Waals surface area (Å²) < 4.78 is 5.73. The van der Waals surface area contributed by atoms with Crippen molar-refractivity contribution in [1.82, 2.24) is 9.88 Å². The molecule has 5 heteroatoms. The van der Waals surface area contributed by atoms with Crippen LogP contribution < -0.4 is 10.1 Å². The first-order valence-electron chi connectivity index (χ1n) is 9.57. The van der Waals surface area contributed by atoms with Crippen LogP contribution in [-0.2, 0) is 6.54 Å². The third-order valence-electron chi connectivity index (χ3n) is 4.84. The minimum Gasteiger partial charge on any atom is -0.456 e. The van der Waals surface area contributed by atoms with Gasteiger partial charge in [-0.25, -0.2) is 0 Å². The van der Waals surface area contributed by atoms with Crippen LogP contribution in [0.4, 0.5) is 5.69 Å². The van der Waals surface area contributed by atoms with Crippen LogP contribution in [0.25, 0.3) is 0 Å². The Morgan fingerprint density at radius 2 is 1.75 bits per heavy atom. The predicted molar refractivity (Wildman–Crippen MR) is 110 cm³/mol. The van der Waals surface area contributed by atoms with E-state index in [-0.39, 0.29) is 5.91 Å². The summed E-state index contributed by atoms with van der Waals surface area (Å²) in [5.41, 5.74) is 2.61. The monoisotopic (exact) mass is 373 g/mol. The second kappa shape index (κ2) is 8.67. The van der Waals surface area contributed by atoms with Gasteiger partial charge < -0.3 is 10.1 Å². The van der Waals surface area contributed by atoms with Crippen LogP contribution in [-0.4, -0.2) is 28.9 Å². The highest BCUT2D eigenvalue weighted by atomic mass is 16.5. The van der Waals surface area contributed by atoms with Gasteiger partial charge in [0, 0.05) is 24.0 Å². The van der Waals surface area contributed by atoms with Crippen LogP contribution in [0.15, 0.2) is 73.1 Å². The van der Waals surface area contributed by atoms with Crippen molar-refractivity contribution in [3.8, 4) is 11.5 Å². The van der Waals surface area contributed by atoms with Gasteiger partial charge in [-0.2, -0.15) is 0 Å². The van der Waals surface area contributed by atoms with Crippen molar-refractivity contribution in [3.63, 3.8) is 0 Å². The number of carbonyl (C=O) groups excluding carboxylic acids is 1. The van der Waals surface area contributed by atoms with E-state index in [1.807, 2.05) is 30.3 Å². The number of likely N-dealkylation sites (tertiary alicyclic amines) is 1. The molecule has 0 spiro atoms. The molecule has 2 aromatic carbocycles. The second-order valence-corrected chi connectivity index (χ2v) is 6.91. The van der Waals surface area contributed by atoms with Gasteiger partial charge in [0.1, 0.15) is 11.5 Å². The number of para-hydroxylation sites is 1. The number of amides is 1. The first kappa shape index (κ1) is 18.2. The normalized spacial score (nSPS) is 14.0. The Kier molecular flexibility index (Phi) is 5.64. The molecule has 142 valence electrons. The lowest BCUT2D eigenvalue weighted by Gasteiger charge is -2.18. The van der Waals surface area contributed by atoms with E-state index in [2.05, 4.69) is 21.3 Å². The zero-order valence-electron chi connectivity index (χ0n) is 15.7. The van der Waals surface area contributed by atoms with Crippen LogP contribution in [0, 0.1) is 0 Å². The van der Waals surface area contributed by atoms with Crippen molar-refractivity contribution < 1.29 is 9.53 Å². The van der Waals surface area contributed by atoms with Crippen LogP contribution in [0.2, 0.25) is 0 Å². The highest BCUT2D eigenvalue weighted by molar-refractivity contribution is 6.04. The average molecular weight is 373 g/mol. The summed E-state index contributed by atoms with van der Waals surface area (Å²) in [7, 11) is 0. The number of anilines is 1. The lowest BCUT2D eigenvalue weighted by molar-refractivity contribution is 0.102. The molecule has 1 fully saturated rings. The smallest absolute Gasteiger partial charge is 0.255 e. The number of hydrogen-bond acceptors (Lipinski definition) is 4. The molecule has 3 aromatic rings. The predicted octanol–water partition coefficient (Wildman–Crippen LogP) is 4.72. The molecule has 1 saturated heterocycles. The zero-order valence-corrected chi connectivity index (χ0v) is 15.7. The molecule has 0 saturated carbocycles. The van der Waals surface area contributed by atoms with Gasteiger partial charge in [-0.1, -0.05) is 18.2 Å². The van der Waals surface area contributed by atoms with E-state index >= 15 is 0 Å². The fraction of sp³-hybridized carbons (Fsp3) is 0.217. The topological polar surface area (TPSA) is 54.5 Å². The third-order valence-corrected chi connectivity index (χ3v) is 4.84. The molecule has 4 rings (SSSR count). The molecule has 0 aliphatic carbocycles.